The van der Waals surface area contributed by atoms with E-state index in [9.17, 15) is 29.1 Å². The number of ketones is 3. The molecule has 2 fully saturated rings. The van der Waals surface area contributed by atoms with Crippen molar-refractivity contribution in [2.75, 3.05) is 7.11 Å². The SMILES string of the molecule is COC(=O)CC[C@@H](C)[C@H]1CC(=O)[C@@]2(C)C3=C(C(=O)C(OC(C)=O)[C@]12C)[C@@]1(C)CC[C@H](O)C(C)(C)C1CC3=O. The summed E-state index contributed by atoms with van der Waals surface area (Å²) in [7, 11) is 1.32. The van der Waals surface area contributed by atoms with Crippen LogP contribution in [0, 0.1) is 39.4 Å². The molecule has 2 unspecified atom stereocenters. The topological polar surface area (TPSA) is 124 Å². The largest absolute Gasteiger partial charge is 0.469 e. The highest BCUT2D eigenvalue weighted by Crippen LogP contribution is 2.70. The van der Waals surface area contributed by atoms with E-state index in [1.54, 1.807) is 6.92 Å². The van der Waals surface area contributed by atoms with E-state index in [0.717, 1.165) is 0 Å². The standard InChI is InChI=1S/C30H42O8/c1-15(9-10-22(35)37-8)17-13-21(34)30(7)23-18(32)14-19-27(3,4)20(33)11-12-28(19,5)24(23)25(36)26(29(17,30)6)38-16(2)31/h15,17,19-20,26,33H,9-14H2,1-8H3/t15-,17-,19?,20+,26?,28+,29+,30+/m1/s1. The van der Waals surface area contributed by atoms with Crippen molar-refractivity contribution in [3.8, 4) is 0 Å². The van der Waals surface area contributed by atoms with Crippen LogP contribution in [0.2, 0.25) is 0 Å². The summed E-state index contributed by atoms with van der Waals surface area (Å²) in [6.07, 6.45) is -0.0415. The summed E-state index contributed by atoms with van der Waals surface area (Å²) in [5.74, 6) is -2.63. The number of Topliss-reactive ketones (excluding diaryl/α,β-unsaturated/α-hetero) is 3. The molecule has 8 nitrogen and oxygen atoms in total. The Morgan fingerprint density at radius 1 is 1.05 bits per heavy atom. The van der Waals surface area contributed by atoms with Gasteiger partial charge in [-0.25, -0.2) is 0 Å². The highest BCUT2D eigenvalue weighted by molar-refractivity contribution is 6.18. The van der Waals surface area contributed by atoms with Crippen LogP contribution in [-0.4, -0.2) is 53.7 Å². The van der Waals surface area contributed by atoms with Crippen LogP contribution in [0.1, 0.15) is 87.0 Å². The van der Waals surface area contributed by atoms with Gasteiger partial charge < -0.3 is 14.6 Å². The molecule has 0 heterocycles. The minimum Gasteiger partial charge on any atom is -0.469 e. The van der Waals surface area contributed by atoms with Crippen molar-refractivity contribution in [2.24, 2.45) is 39.4 Å². The van der Waals surface area contributed by atoms with Gasteiger partial charge in [0.1, 0.15) is 5.78 Å². The predicted octanol–water partition coefficient (Wildman–Crippen LogP) is 3.76. The van der Waals surface area contributed by atoms with Crippen molar-refractivity contribution in [3.63, 3.8) is 0 Å². The van der Waals surface area contributed by atoms with E-state index in [4.69, 9.17) is 9.47 Å². The van der Waals surface area contributed by atoms with Gasteiger partial charge in [0.2, 0.25) is 5.78 Å². The molecule has 0 spiro atoms. The molecule has 2 saturated carbocycles. The van der Waals surface area contributed by atoms with E-state index < -0.39 is 51.5 Å². The second-order valence-electron chi connectivity index (χ2n) is 13.3. The molecule has 8 atom stereocenters. The van der Waals surface area contributed by atoms with E-state index in [-0.39, 0.29) is 54.2 Å². The molecular formula is C30H42O8. The number of allylic oxidation sites excluding steroid dienone is 1. The Hall–Kier alpha value is -2.35. The predicted molar refractivity (Wildman–Crippen MR) is 138 cm³/mol. The lowest BCUT2D eigenvalue weighted by molar-refractivity contribution is -0.176. The van der Waals surface area contributed by atoms with Gasteiger partial charge in [-0.15, -0.1) is 0 Å². The molecule has 0 aliphatic heterocycles. The first-order valence-corrected chi connectivity index (χ1v) is 13.8. The Bertz CT molecular complexity index is 1130. The van der Waals surface area contributed by atoms with Crippen molar-refractivity contribution in [1.82, 2.24) is 0 Å². The van der Waals surface area contributed by atoms with E-state index in [1.165, 1.54) is 14.0 Å². The Morgan fingerprint density at radius 2 is 1.68 bits per heavy atom. The summed E-state index contributed by atoms with van der Waals surface area (Å²) >= 11 is 0. The zero-order valence-electron chi connectivity index (χ0n) is 23.9. The first kappa shape index (κ1) is 28.7. The second-order valence-corrected chi connectivity index (χ2v) is 13.3. The van der Waals surface area contributed by atoms with Gasteiger partial charge in [-0.3, -0.25) is 24.0 Å². The third-order valence-corrected chi connectivity index (χ3v) is 11.3. The summed E-state index contributed by atoms with van der Waals surface area (Å²) in [4.78, 5) is 66.9. The lowest BCUT2D eigenvalue weighted by atomic mass is 9.42. The minimum absolute atomic E-state index is 0.120. The molecule has 0 aromatic heterocycles. The van der Waals surface area contributed by atoms with Crippen LogP contribution in [0.15, 0.2) is 11.1 Å². The van der Waals surface area contributed by atoms with Crippen LogP contribution >= 0.6 is 0 Å². The number of carbonyl (C=O) groups excluding carboxylic acids is 5. The molecule has 0 bridgehead atoms. The number of fused-ring (bicyclic) bond motifs is 4. The van der Waals surface area contributed by atoms with Gasteiger partial charge in [0, 0.05) is 48.2 Å². The monoisotopic (exact) mass is 530 g/mol. The number of ether oxygens (including phenoxy) is 2. The van der Waals surface area contributed by atoms with Gasteiger partial charge in [0.15, 0.2) is 11.9 Å². The average Bonchev–Trinajstić information content (AvgIpc) is 3.05. The Morgan fingerprint density at radius 3 is 2.26 bits per heavy atom. The van der Waals surface area contributed by atoms with Gasteiger partial charge in [0.25, 0.3) is 0 Å². The van der Waals surface area contributed by atoms with Crippen molar-refractivity contribution >= 4 is 29.3 Å². The summed E-state index contributed by atoms with van der Waals surface area (Å²) in [5.41, 5.74) is -3.26. The maximum absolute atomic E-state index is 14.5. The van der Waals surface area contributed by atoms with Crippen LogP contribution in [-0.2, 0) is 33.4 Å². The number of esters is 2. The first-order valence-electron chi connectivity index (χ1n) is 13.8. The zero-order valence-corrected chi connectivity index (χ0v) is 23.9. The van der Waals surface area contributed by atoms with Gasteiger partial charge in [0.05, 0.1) is 18.6 Å². The Balaban J connectivity index is 1.94. The normalized spacial score (nSPS) is 40.7. The quantitative estimate of drug-likeness (QED) is 0.533. The highest BCUT2D eigenvalue weighted by Gasteiger charge is 2.74. The maximum atomic E-state index is 14.5. The minimum atomic E-state index is -1.33. The third-order valence-electron chi connectivity index (χ3n) is 11.3. The molecule has 1 N–H and O–H groups in total. The highest BCUT2D eigenvalue weighted by atomic mass is 16.5. The Kier molecular flexibility index (Phi) is 6.86. The molecule has 0 amide bonds. The summed E-state index contributed by atoms with van der Waals surface area (Å²) in [5, 5.41) is 10.8. The van der Waals surface area contributed by atoms with Gasteiger partial charge in [-0.1, -0.05) is 34.6 Å². The molecule has 4 aliphatic carbocycles. The number of rotatable bonds is 5. The van der Waals surface area contributed by atoms with E-state index in [1.807, 2.05) is 34.6 Å². The molecule has 0 radical (unpaired) electrons. The summed E-state index contributed by atoms with van der Waals surface area (Å²) in [6, 6.07) is 0. The van der Waals surface area contributed by atoms with Crippen LogP contribution in [0.4, 0.5) is 0 Å². The molecule has 4 rings (SSSR count). The summed E-state index contributed by atoms with van der Waals surface area (Å²) in [6.45, 7) is 12.6. The Labute approximate surface area is 224 Å². The van der Waals surface area contributed by atoms with Crippen LogP contribution in [0.3, 0.4) is 0 Å². The lowest BCUT2D eigenvalue weighted by Crippen LogP contribution is -2.65. The molecule has 0 aromatic carbocycles. The molecule has 8 heteroatoms. The third kappa shape index (κ3) is 3.61. The van der Waals surface area contributed by atoms with Crippen LogP contribution < -0.4 is 0 Å². The van der Waals surface area contributed by atoms with Crippen LogP contribution in [0.5, 0.6) is 0 Å². The second kappa shape index (κ2) is 9.10. The van der Waals surface area contributed by atoms with E-state index in [2.05, 4.69) is 0 Å². The number of hydrogen-bond acceptors (Lipinski definition) is 8. The molecular weight excluding hydrogens is 488 g/mol. The van der Waals surface area contributed by atoms with Crippen molar-refractivity contribution < 1.29 is 38.6 Å². The number of aliphatic hydroxyl groups excluding tert-OH is 1. The summed E-state index contributed by atoms with van der Waals surface area (Å²) < 4.78 is 10.6. The van der Waals surface area contributed by atoms with Crippen molar-refractivity contribution in [3.05, 3.63) is 11.1 Å². The lowest BCUT2D eigenvalue weighted by Gasteiger charge is -2.61. The van der Waals surface area contributed by atoms with Crippen LogP contribution in [0.25, 0.3) is 0 Å². The van der Waals surface area contributed by atoms with E-state index >= 15 is 0 Å². The molecule has 210 valence electrons. The van der Waals surface area contributed by atoms with Crippen molar-refractivity contribution in [2.45, 2.75) is 99.2 Å². The van der Waals surface area contributed by atoms with Gasteiger partial charge in [-0.2, -0.15) is 0 Å². The van der Waals surface area contributed by atoms with Gasteiger partial charge in [-0.05, 0) is 49.4 Å². The molecule has 0 saturated heterocycles. The number of hydrogen-bond donors (Lipinski definition) is 1. The molecule has 38 heavy (non-hydrogen) atoms. The fourth-order valence-electron chi connectivity index (χ4n) is 8.81. The smallest absolute Gasteiger partial charge is 0.305 e. The van der Waals surface area contributed by atoms with Gasteiger partial charge >= 0.3 is 11.9 Å². The fourth-order valence-corrected chi connectivity index (χ4v) is 8.81. The molecule has 4 aliphatic rings. The first-order chi connectivity index (χ1) is 17.5. The molecule has 0 aromatic rings. The number of carbonyl (C=O) groups is 5. The number of aliphatic hydroxyl groups is 1. The zero-order chi connectivity index (χ0) is 28.6. The van der Waals surface area contributed by atoms with Crippen molar-refractivity contribution in [1.29, 1.82) is 0 Å². The number of methoxy groups -OCH3 is 1. The fraction of sp³-hybridized carbons (Fsp3) is 0.767. The maximum Gasteiger partial charge on any atom is 0.305 e. The van der Waals surface area contributed by atoms with E-state index in [0.29, 0.717) is 24.8 Å². The average molecular weight is 531 g/mol.